The Labute approximate surface area is 74.4 Å². The van der Waals surface area contributed by atoms with Crippen molar-refractivity contribution in [3.05, 3.63) is 28.5 Å². The summed E-state index contributed by atoms with van der Waals surface area (Å²) >= 11 is 7.43. The van der Waals surface area contributed by atoms with Crippen molar-refractivity contribution < 1.29 is 0 Å². The van der Waals surface area contributed by atoms with Crippen LogP contribution in [0.25, 0.3) is 0 Å². The molecule has 1 heterocycles. The molecule has 0 spiro atoms. The van der Waals surface area contributed by atoms with Crippen LogP contribution in [0.15, 0.2) is 22.9 Å². The first-order chi connectivity index (χ1) is 4.83. The predicted molar refractivity (Wildman–Crippen MR) is 49.5 cm³/mol. The molecule has 1 rings (SSSR count). The number of pyridine rings is 1. The van der Waals surface area contributed by atoms with Crippen molar-refractivity contribution in [1.82, 2.24) is 4.98 Å². The second-order valence-electron chi connectivity index (χ2n) is 1.96. The van der Waals surface area contributed by atoms with Crippen LogP contribution in [0.1, 0.15) is 5.56 Å². The van der Waals surface area contributed by atoms with Crippen molar-refractivity contribution >= 4 is 28.6 Å². The molecule has 0 bridgehead atoms. The van der Waals surface area contributed by atoms with Crippen molar-refractivity contribution in [1.29, 1.82) is 0 Å². The largest absolute Gasteiger partial charge is 0.249 e. The van der Waals surface area contributed by atoms with Gasteiger partial charge in [0.2, 0.25) is 0 Å². The fourth-order valence-electron chi connectivity index (χ4n) is 0.727. The molecule has 3 heteroatoms. The monoisotopic (exact) mass is 217 g/mol. The highest BCUT2D eigenvalue weighted by atomic mass is 79.9. The van der Waals surface area contributed by atoms with E-state index < -0.39 is 0 Å². The summed E-state index contributed by atoms with van der Waals surface area (Å²) < 4.78 is 0.895. The lowest BCUT2D eigenvalue weighted by atomic mass is 10.2. The van der Waals surface area contributed by atoms with E-state index in [2.05, 4.69) is 33.5 Å². The van der Waals surface area contributed by atoms with Crippen molar-refractivity contribution in [2.24, 2.45) is 0 Å². The number of thiol groups is 1. The van der Waals surface area contributed by atoms with Crippen LogP contribution >= 0.6 is 28.6 Å². The van der Waals surface area contributed by atoms with E-state index in [1.807, 2.05) is 12.1 Å². The van der Waals surface area contributed by atoms with Gasteiger partial charge in [-0.05, 0) is 45.8 Å². The number of aryl methyl sites for hydroxylation is 1. The fourth-order valence-corrected chi connectivity index (χ4v) is 1.40. The molecule has 0 saturated carbocycles. The van der Waals surface area contributed by atoms with Gasteiger partial charge in [0.25, 0.3) is 0 Å². The molecule has 54 valence electrons. The van der Waals surface area contributed by atoms with E-state index in [1.54, 1.807) is 6.20 Å². The molecule has 0 unspecified atom stereocenters. The van der Waals surface area contributed by atoms with Gasteiger partial charge in [0.1, 0.15) is 4.60 Å². The second-order valence-corrected chi connectivity index (χ2v) is 3.22. The molecule has 0 atom stereocenters. The molecular weight excluding hydrogens is 210 g/mol. The first-order valence-corrected chi connectivity index (χ1v) is 4.47. The van der Waals surface area contributed by atoms with Crippen LogP contribution in [0.3, 0.4) is 0 Å². The van der Waals surface area contributed by atoms with Crippen LogP contribution in [-0.2, 0) is 6.42 Å². The summed E-state index contributed by atoms with van der Waals surface area (Å²) in [4.78, 5) is 4.01. The van der Waals surface area contributed by atoms with E-state index in [9.17, 15) is 0 Å². The number of hydrogen-bond donors (Lipinski definition) is 1. The molecule has 0 aliphatic carbocycles. The molecule has 1 aromatic rings. The maximum absolute atomic E-state index is 4.13. The zero-order chi connectivity index (χ0) is 7.40. The standard InChI is InChI=1S/C7H8BrNS/c8-7-5-6(2-4-10)1-3-9-7/h1,3,5,10H,2,4H2. The number of nitrogens with zero attached hydrogens (tertiary/aromatic N) is 1. The normalized spacial score (nSPS) is 9.80. The molecule has 0 N–H and O–H groups in total. The lowest BCUT2D eigenvalue weighted by Crippen LogP contribution is -1.86. The first-order valence-electron chi connectivity index (χ1n) is 3.04. The number of aromatic nitrogens is 1. The summed E-state index contributed by atoms with van der Waals surface area (Å²) in [7, 11) is 0. The van der Waals surface area contributed by atoms with Gasteiger partial charge in [-0.2, -0.15) is 12.6 Å². The van der Waals surface area contributed by atoms with Crippen LogP contribution in [0, 0.1) is 0 Å². The summed E-state index contributed by atoms with van der Waals surface area (Å²) in [6.45, 7) is 0. The van der Waals surface area contributed by atoms with Crippen molar-refractivity contribution in [3.63, 3.8) is 0 Å². The third-order valence-corrected chi connectivity index (χ3v) is 1.85. The minimum atomic E-state index is 0.885. The Morgan fingerprint density at radius 1 is 1.60 bits per heavy atom. The maximum Gasteiger partial charge on any atom is 0.106 e. The molecule has 0 aromatic carbocycles. The van der Waals surface area contributed by atoms with E-state index in [-0.39, 0.29) is 0 Å². The average Bonchev–Trinajstić information content (AvgIpc) is 1.88. The molecule has 10 heavy (non-hydrogen) atoms. The van der Waals surface area contributed by atoms with Gasteiger partial charge in [-0.15, -0.1) is 0 Å². The van der Waals surface area contributed by atoms with Crippen molar-refractivity contribution in [3.8, 4) is 0 Å². The molecule has 0 saturated heterocycles. The van der Waals surface area contributed by atoms with Gasteiger partial charge >= 0.3 is 0 Å². The molecule has 0 aliphatic heterocycles. The summed E-state index contributed by atoms with van der Waals surface area (Å²) in [6, 6.07) is 4.01. The third kappa shape index (κ3) is 2.31. The highest BCUT2D eigenvalue weighted by Gasteiger charge is 1.91. The number of hydrogen-bond acceptors (Lipinski definition) is 2. The molecule has 0 amide bonds. The highest BCUT2D eigenvalue weighted by Crippen LogP contribution is 2.08. The minimum absolute atomic E-state index is 0.885. The highest BCUT2D eigenvalue weighted by molar-refractivity contribution is 9.10. The van der Waals surface area contributed by atoms with E-state index in [4.69, 9.17) is 0 Å². The Morgan fingerprint density at radius 3 is 3.00 bits per heavy atom. The molecule has 0 radical (unpaired) electrons. The second kappa shape index (κ2) is 3.98. The van der Waals surface area contributed by atoms with Gasteiger partial charge < -0.3 is 0 Å². The molecule has 0 fully saturated rings. The summed E-state index contributed by atoms with van der Waals surface area (Å²) in [5.41, 5.74) is 1.27. The van der Waals surface area contributed by atoms with Crippen LogP contribution in [0.2, 0.25) is 0 Å². The van der Waals surface area contributed by atoms with E-state index in [0.717, 1.165) is 16.8 Å². The summed E-state index contributed by atoms with van der Waals surface area (Å²) in [6.07, 6.45) is 2.80. The van der Waals surface area contributed by atoms with Crippen LogP contribution in [0.5, 0.6) is 0 Å². The quantitative estimate of drug-likeness (QED) is 0.593. The van der Waals surface area contributed by atoms with E-state index in [0.29, 0.717) is 0 Å². The summed E-state index contributed by atoms with van der Waals surface area (Å²) in [5.74, 6) is 0.885. The number of halogens is 1. The molecule has 1 aromatic heterocycles. The maximum atomic E-state index is 4.13. The predicted octanol–water partition coefficient (Wildman–Crippen LogP) is 2.32. The Balaban J connectivity index is 2.75. The average molecular weight is 218 g/mol. The minimum Gasteiger partial charge on any atom is -0.249 e. The lowest BCUT2D eigenvalue weighted by molar-refractivity contribution is 1.12. The first kappa shape index (κ1) is 8.08. The molecule has 1 nitrogen and oxygen atoms in total. The van der Waals surface area contributed by atoms with Gasteiger partial charge in [0.15, 0.2) is 0 Å². The van der Waals surface area contributed by atoms with Crippen LogP contribution < -0.4 is 0 Å². The Morgan fingerprint density at radius 2 is 2.40 bits per heavy atom. The SMILES string of the molecule is SCCc1ccnc(Br)c1. The van der Waals surface area contributed by atoms with Gasteiger partial charge in [-0.25, -0.2) is 4.98 Å². The lowest BCUT2D eigenvalue weighted by Gasteiger charge is -1.96. The van der Waals surface area contributed by atoms with Gasteiger partial charge in [0.05, 0.1) is 0 Å². The Hall–Kier alpha value is -0.0200. The number of rotatable bonds is 2. The van der Waals surface area contributed by atoms with E-state index >= 15 is 0 Å². The summed E-state index contributed by atoms with van der Waals surface area (Å²) in [5, 5.41) is 0. The van der Waals surface area contributed by atoms with Crippen molar-refractivity contribution in [2.45, 2.75) is 6.42 Å². The third-order valence-electron chi connectivity index (χ3n) is 1.19. The van der Waals surface area contributed by atoms with Gasteiger partial charge in [-0.1, -0.05) is 0 Å². The zero-order valence-electron chi connectivity index (χ0n) is 5.42. The fraction of sp³-hybridized carbons (Fsp3) is 0.286. The topological polar surface area (TPSA) is 12.9 Å². The van der Waals surface area contributed by atoms with E-state index in [1.165, 1.54) is 5.56 Å². The Bertz CT molecular complexity index is 215. The zero-order valence-corrected chi connectivity index (χ0v) is 7.90. The molecular formula is C7H8BrNS. The van der Waals surface area contributed by atoms with Crippen LogP contribution in [-0.4, -0.2) is 10.7 Å². The Kier molecular flexibility index (Phi) is 3.22. The van der Waals surface area contributed by atoms with Gasteiger partial charge in [0, 0.05) is 6.20 Å². The smallest absolute Gasteiger partial charge is 0.106 e. The van der Waals surface area contributed by atoms with Crippen LogP contribution in [0.4, 0.5) is 0 Å². The molecule has 0 aliphatic rings. The van der Waals surface area contributed by atoms with Gasteiger partial charge in [-0.3, -0.25) is 0 Å². The van der Waals surface area contributed by atoms with Crippen molar-refractivity contribution in [2.75, 3.05) is 5.75 Å².